The summed E-state index contributed by atoms with van der Waals surface area (Å²) in [6.45, 7) is 2.45. The Balaban J connectivity index is 1.44. The van der Waals surface area contributed by atoms with Crippen molar-refractivity contribution in [3.8, 4) is 11.6 Å². The molecule has 2 aromatic carbocycles. The van der Waals surface area contributed by atoms with Crippen LogP contribution in [0.2, 0.25) is 0 Å². The van der Waals surface area contributed by atoms with Crippen LogP contribution in [0.1, 0.15) is 16.7 Å². The Morgan fingerprint density at radius 2 is 1.82 bits per heavy atom. The van der Waals surface area contributed by atoms with E-state index in [1.165, 1.54) is 35.4 Å². The fourth-order valence-electron chi connectivity index (χ4n) is 2.44. The number of aromatic nitrogens is 1. The molecule has 1 N–H and O–H groups in total. The van der Waals surface area contributed by atoms with Crippen molar-refractivity contribution in [3.05, 3.63) is 89.4 Å². The number of aryl methyl sites for hydroxylation is 1. The molecule has 3 rings (SSSR count). The number of nitrogens with one attached hydrogen (secondary N) is 1. The van der Waals surface area contributed by atoms with Gasteiger partial charge in [0.15, 0.2) is 0 Å². The smallest absolute Gasteiger partial charge is 0.230 e. The van der Waals surface area contributed by atoms with E-state index in [0.29, 0.717) is 23.9 Å². The van der Waals surface area contributed by atoms with Gasteiger partial charge in [0.05, 0.1) is 5.75 Å². The van der Waals surface area contributed by atoms with Crippen molar-refractivity contribution in [1.29, 1.82) is 0 Å². The second kappa shape index (κ2) is 9.90. The van der Waals surface area contributed by atoms with E-state index < -0.39 is 0 Å². The summed E-state index contributed by atoms with van der Waals surface area (Å²) in [4.78, 5) is 16.2. The molecule has 0 fully saturated rings. The van der Waals surface area contributed by atoms with Gasteiger partial charge in [-0.15, -0.1) is 11.8 Å². The maximum absolute atomic E-state index is 13.0. The number of thioether (sulfide) groups is 1. The molecule has 1 heterocycles. The first-order chi connectivity index (χ1) is 13.6. The molecule has 144 valence electrons. The minimum Gasteiger partial charge on any atom is -0.439 e. The van der Waals surface area contributed by atoms with E-state index in [1.807, 2.05) is 6.07 Å². The second-order valence-electron chi connectivity index (χ2n) is 6.31. The summed E-state index contributed by atoms with van der Waals surface area (Å²) in [6, 6.07) is 17.6. The molecule has 0 unspecified atom stereocenters. The Morgan fingerprint density at radius 1 is 1.07 bits per heavy atom. The summed E-state index contributed by atoms with van der Waals surface area (Å²) in [5, 5.41) is 2.90. The lowest BCUT2D eigenvalue weighted by Crippen LogP contribution is -2.24. The van der Waals surface area contributed by atoms with Crippen LogP contribution in [0.4, 0.5) is 4.39 Å². The van der Waals surface area contributed by atoms with Crippen LogP contribution in [-0.2, 0) is 17.1 Å². The average molecular weight is 396 g/mol. The molecule has 1 aromatic heterocycles. The lowest BCUT2D eigenvalue weighted by atomic mass is 10.2. The topological polar surface area (TPSA) is 51.2 Å². The standard InChI is InChI=1S/C22H21FN2O2S/c1-16-2-4-17(5-3-16)14-28-15-21(26)25-13-18-10-11-24-22(12-18)27-20-8-6-19(23)7-9-20/h2-12H,13-15H2,1H3,(H,25,26). The monoisotopic (exact) mass is 396 g/mol. The van der Waals surface area contributed by atoms with Gasteiger partial charge in [-0.2, -0.15) is 0 Å². The maximum atomic E-state index is 13.0. The summed E-state index contributed by atoms with van der Waals surface area (Å²) < 4.78 is 18.6. The van der Waals surface area contributed by atoms with Gasteiger partial charge in [-0.25, -0.2) is 9.37 Å². The molecule has 0 radical (unpaired) electrons. The molecule has 28 heavy (non-hydrogen) atoms. The highest BCUT2D eigenvalue weighted by Crippen LogP contribution is 2.20. The van der Waals surface area contributed by atoms with Gasteiger partial charge in [-0.3, -0.25) is 4.79 Å². The zero-order valence-corrected chi connectivity index (χ0v) is 16.3. The SMILES string of the molecule is Cc1ccc(CSCC(=O)NCc2ccnc(Oc3ccc(F)cc3)c2)cc1. The predicted molar refractivity (Wildman–Crippen MR) is 110 cm³/mol. The zero-order chi connectivity index (χ0) is 19.8. The number of rotatable bonds is 8. The molecule has 6 heteroatoms. The van der Waals surface area contributed by atoms with Crippen LogP contribution in [0.3, 0.4) is 0 Å². The Hall–Kier alpha value is -2.86. The molecule has 0 spiro atoms. The molecule has 4 nitrogen and oxygen atoms in total. The van der Waals surface area contributed by atoms with Gasteiger partial charge in [0.1, 0.15) is 11.6 Å². The number of hydrogen-bond acceptors (Lipinski definition) is 4. The van der Waals surface area contributed by atoms with Crippen LogP contribution in [0.5, 0.6) is 11.6 Å². The summed E-state index contributed by atoms with van der Waals surface area (Å²) in [5.74, 6) is 1.76. The number of halogens is 1. The number of pyridine rings is 1. The van der Waals surface area contributed by atoms with E-state index in [9.17, 15) is 9.18 Å². The van der Waals surface area contributed by atoms with Crippen molar-refractivity contribution in [1.82, 2.24) is 10.3 Å². The first kappa shape index (κ1) is 19.9. The van der Waals surface area contributed by atoms with Crippen molar-refractivity contribution in [2.24, 2.45) is 0 Å². The van der Waals surface area contributed by atoms with Crippen molar-refractivity contribution >= 4 is 17.7 Å². The molecule has 0 bridgehead atoms. The highest BCUT2D eigenvalue weighted by Gasteiger charge is 2.05. The number of carbonyl (C=O) groups excluding carboxylic acids is 1. The van der Waals surface area contributed by atoms with Crippen LogP contribution in [0.15, 0.2) is 66.9 Å². The Labute approximate surface area is 168 Å². The number of benzene rings is 2. The van der Waals surface area contributed by atoms with Crippen LogP contribution in [-0.4, -0.2) is 16.6 Å². The lowest BCUT2D eigenvalue weighted by Gasteiger charge is -2.08. The quantitative estimate of drug-likeness (QED) is 0.590. The summed E-state index contributed by atoms with van der Waals surface area (Å²) in [5.41, 5.74) is 3.32. The average Bonchev–Trinajstić information content (AvgIpc) is 2.70. The normalized spacial score (nSPS) is 10.5. The third-order valence-electron chi connectivity index (χ3n) is 3.95. The Morgan fingerprint density at radius 3 is 2.57 bits per heavy atom. The number of hydrogen-bond donors (Lipinski definition) is 1. The zero-order valence-electron chi connectivity index (χ0n) is 15.5. The third-order valence-corrected chi connectivity index (χ3v) is 4.95. The van der Waals surface area contributed by atoms with E-state index in [0.717, 1.165) is 11.3 Å². The van der Waals surface area contributed by atoms with Crippen molar-refractivity contribution in [3.63, 3.8) is 0 Å². The number of ether oxygens (including phenoxy) is 1. The number of amides is 1. The molecule has 1 amide bonds. The van der Waals surface area contributed by atoms with Crippen molar-refractivity contribution < 1.29 is 13.9 Å². The minimum atomic E-state index is -0.322. The fraction of sp³-hybridized carbons (Fsp3) is 0.182. The first-order valence-electron chi connectivity index (χ1n) is 8.87. The molecule has 0 saturated heterocycles. The predicted octanol–water partition coefficient (Wildman–Crippen LogP) is 4.87. The van der Waals surface area contributed by atoms with Gasteiger partial charge in [0, 0.05) is 24.6 Å². The molecular weight excluding hydrogens is 375 g/mol. The van der Waals surface area contributed by atoms with Crippen molar-refractivity contribution in [2.75, 3.05) is 5.75 Å². The molecule has 0 saturated carbocycles. The molecule has 0 aliphatic rings. The minimum absolute atomic E-state index is 0.0186. The maximum Gasteiger partial charge on any atom is 0.230 e. The van der Waals surface area contributed by atoms with Gasteiger partial charge in [-0.1, -0.05) is 29.8 Å². The Kier molecular flexibility index (Phi) is 7.03. The summed E-state index contributed by atoms with van der Waals surface area (Å²) in [7, 11) is 0. The highest BCUT2D eigenvalue weighted by molar-refractivity contribution is 7.99. The molecule has 3 aromatic rings. The van der Waals surface area contributed by atoms with Gasteiger partial charge in [-0.05, 0) is 48.4 Å². The van der Waals surface area contributed by atoms with E-state index >= 15 is 0 Å². The lowest BCUT2D eigenvalue weighted by molar-refractivity contribution is -0.118. The third kappa shape index (κ3) is 6.39. The van der Waals surface area contributed by atoms with Gasteiger partial charge in [0.2, 0.25) is 11.8 Å². The number of nitrogens with zero attached hydrogens (tertiary/aromatic N) is 1. The molecule has 0 aliphatic carbocycles. The van der Waals surface area contributed by atoms with Crippen molar-refractivity contribution in [2.45, 2.75) is 19.2 Å². The first-order valence-corrected chi connectivity index (χ1v) is 10.0. The molecule has 0 atom stereocenters. The van der Waals surface area contributed by atoms with Crippen LogP contribution >= 0.6 is 11.8 Å². The summed E-state index contributed by atoms with van der Waals surface area (Å²) in [6.07, 6.45) is 1.62. The summed E-state index contributed by atoms with van der Waals surface area (Å²) >= 11 is 1.58. The molecular formula is C22H21FN2O2S. The second-order valence-corrected chi connectivity index (χ2v) is 7.30. The van der Waals surface area contributed by atoms with E-state index in [-0.39, 0.29) is 11.7 Å². The largest absolute Gasteiger partial charge is 0.439 e. The molecule has 0 aliphatic heterocycles. The fourth-order valence-corrected chi connectivity index (χ4v) is 3.25. The van der Waals surface area contributed by atoms with E-state index in [2.05, 4.69) is 41.5 Å². The van der Waals surface area contributed by atoms with Gasteiger partial charge < -0.3 is 10.1 Å². The van der Waals surface area contributed by atoms with Crippen LogP contribution in [0, 0.1) is 12.7 Å². The van der Waals surface area contributed by atoms with Crippen LogP contribution < -0.4 is 10.1 Å². The van der Waals surface area contributed by atoms with Crippen LogP contribution in [0.25, 0.3) is 0 Å². The number of carbonyl (C=O) groups is 1. The van der Waals surface area contributed by atoms with E-state index in [4.69, 9.17) is 4.74 Å². The van der Waals surface area contributed by atoms with Gasteiger partial charge >= 0.3 is 0 Å². The highest BCUT2D eigenvalue weighted by atomic mass is 32.2. The van der Waals surface area contributed by atoms with E-state index in [1.54, 1.807) is 24.0 Å². The Bertz CT molecular complexity index is 915. The van der Waals surface area contributed by atoms with Gasteiger partial charge in [0.25, 0.3) is 0 Å².